The van der Waals surface area contributed by atoms with Crippen molar-refractivity contribution in [2.45, 2.75) is 6.29 Å². The van der Waals surface area contributed by atoms with Crippen molar-refractivity contribution in [3.8, 4) is 11.1 Å². The molecule has 0 amide bonds. The zero-order valence-electron chi connectivity index (χ0n) is 13.4. The van der Waals surface area contributed by atoms with Gasteiger partial charge >= 0.3 is 0 Å². The van der Waals surface area contributed by atoms with Crippen LogP contribution < -0.4 is 16.2 Å². The molecular weight excluding hydrogens is 314 g/mol. The van der Waals surface area contributed by atoms with E-state index in [0.717, 1.165) is 34.5 Å². The Morgan fingerprint density at radius 1 is 1.12 bits per heavy atom. The summed E-state index contributed by atoms with van der Waals surface area (Å²) in [4.78, 5) is 12.2. The van der Waals surface area contributed by atoms with Gasteiger partial charge in [0.05, 0.1) is 6.67 Å². The molecular formula is C18H17N7. The molecule has 5 rings (SSSR count). The van der Waals surface area contributed by atoms with Gasteiger partial charge in [0.2, 0.25) is 0 Å². The summed E-state index contributed by atoms with van der Waals surface area (Å²) in [6.45, 7) is 0.821. The predicted octanol–water partition coefficient (Wildman–Crippen LogP) is 1.81. The largest absolute Gasteiger partial charge is 0.350 e. The van der Waals surface area contributed by atoms with E-state index in [0.29, 0.717) is 0 Å². The molecule has 2 atom stereocenters. The summed E-state index contributed by atoms with van der Waals surface area (Å²) in [7, 11) is 0. The molecule has 2 aromatic heterocycles. The molecule has 2 aliphatic heterocycles. The van der Waals surface area contributed by atoms with E-state index in [-0.39, 0.29) is 6.29 Å². The highest BCUT2D eigenvalue weighted by atomic mass is 15.9. The quantitative estimate of drug-likeness (QED) is 0.548. The average Bonchev–Trinajstić information content (AvgIpc) is 3.37. The Morgan fingerprint density at radius 2 is 2.00 bits per heavy atom. The number of nitrogens with one attached hydrogen (secondary N) is 4. The molecule has 3 aromatic rings. The van der Waals surface area contributed by atoms with Gasteiger partial charge in [-0.05, 0) is 23.3 Å². The normalized spacial score (nSPS) is 21.8. The van der Waals surface area contributed by atoms with Crippen molar-refractivity contribution < 1.29 is 0 Å². The van der Waals surface area contributed by atoms with Gasteiger partial charge in [-0.15, -0.1) is 0 Å². The van der Waals surface area contributed by atoms with Crippen molar-refractivity contribution in [1.82, 2.24) is 31.3 Å². The van der Waals surface area contributed by atoms with Crippen molar-refractivity contribution in [2.24, 2.45) is 4.99 Å². The second kappa shape index (κ2) is 5.82. The van der Waals surface area contributed by atoms with Crippen LogP contribution in [-0.2, 0) is 0 Å². The number of hydrogen-bond donors (Lipinski definition) is 4. The molecule has 0 radical (unpaired) electrons. The van der Waals surface area contributed by atoms with Crippen molar-refractivity contribution in [2.75, 3.05) is 6.67 Å². The van der Waals surface area contributed by atoms with E-state index >= 15 is 0 Å². The number of rotatable bonds is 4. The first-order valence-corrected chi connectivity index (χ1v) is 8.17. The third-order valence-corrected chi connectivity index (χ3v) is 4.31. The third kappa shape index (κ3) is 2.70. The summed E-state index contributed by atoms with van der Waals surface area (Å²) >= 11 is 0. The fourth-order valence-electron chi connectivity index (χ4n) is 3.07. The maximum Gasteiger partial charge on any atom is 0.187 e. The second-order valence-corrected chi connectivity index (χ2v) is 5.95. The first-order chi connectivity index (χ1) is 12.4. The summed E-state index contributed by atoms with van der Waals surface area (Å²) < 4.78 is 0. The van der Waals surface area contributed by atoms with E-state index in [1.807, 2.05) is 35.9 Å². The Bertz CT molecular complexity index is 970. The number of H-pyrrole nitrogens is 1. The number of aromatic nitrogens is 2. The highest BCUT2D eigenvalue weighted by Gasteiger charge is 2.23. The standard InChI is InChI=1S/C18H17N7/c1-2-4-12(5-3-1)13-6-8-19-17-16(13)14(10-21-17)15-7-9-20-18(23-15)24-25-11-22-25/h1-10,18,22-24H,11H2,(H,19,21). The Balaban J connectivity index is 1.58. The van der Waals surface area contributed by atoms with E-state index in [9.17, 15) is 0 Å². The van der Waals surface area contributed by atoms with Gasteiger partial charge in [-0.2, -0.15) is 10.5 Å². The van der Waals surface area contributed by atoms with Crippen LogP contribution in [0.3, 0.4) is 0 Å². The number of nitrogens with zero attached hydrogens (tertiary/aromatic N) is 3. The number of aromatic amines is 1. The lowest BCUT2D eigenvalue weighted by molar-refractivity contribution is 0.296. The summed E-state index contributed by atoms with van der Waals surface area (Å²) in [5.74, 6) is 0. The van der Waals surface area contributed by atoms with E-state index in [4.69, 9.17) is 0 Å². The minimum Gasteiger partial charge on any atom is -0.350 e. The summed E-state index contributed by atoms with van der Waals surface area (Å²) in [6, 6.07) is 12.4. The number of aliphatic imine (C=N–C) groups is 1. The van der Waals surface area contributed by atoms with Crippen molar-refractivity contribution in [1.29, 1.82) is 0 Å². The SMILES string of the molecule is C1=NC(NN2CN2)NC(c2c[nH]c3nccc(-c4ccccc4)c23)=C1. The van der Waals surface area contributed by atoms with Gasteiger partial charge in [-0.3, -0.25) is 4.99 Å². The van der Waals surface area contributed by atoms with Crippen molar-refractivity contribution in [3.63, 3.8) is 0 Å². The number of hydrogen-bond acceptors (Lipinski definition) is 6. The lowest BCUT2D eigenvalue weighted by Crippen LogP contribution is -2.44. The van der Waals surface area contributed by atoms with Crippen LogP contribution in [0.5, 0.6) is 0 Å². The van der Waals surface area contributed by atoms with Crippen LogP contribution in [0.25, 0.3) is 27.9 Å². The molecule has 0 bridgehead atoms. The van der Waals surface area contributed by atoms with Crippen LogP contribution in [0, 0.1) is 0 Å². The lowest BCUT2D eigenvalue weighted by Gasteiger charge is -2.22. The Labute approximate surface area is 144 Å². The zero-order chi connectivity index (χ0) is 16.6. The van der Waals surface area contributed by atoms with Crippen LogP contribution in [0.15, 0.2) is 59.9 Å². The molecule has 7 heteroatoms. The third-order valence-electron chi connectivity index (χ3n) is 4.31. The maximum absolute atomic E-state index is 4.48. The number of benzene rings is 1. The average molecular weight is 331 g/mol. The number of allylic oxidation sites excluding steroid dienone is 1. The Morgan fingerprint density at radius 3 is 2.84 bits per heavy atom. The second-order valence-electron chi connectivity index (χ2n) is 5.95. The summed E-state index contributed by atoms with van der Waals surface area (Å²) in [5, 5.41) is 6.40. The minimum absolute atomic E-state index is 0.197. The molecule has 25 heavy (non-hydrogen) atoms. The number of hydrazine groups is 2. The molecule has 4 heterocycles. The van der Waals surface area contributed by atoms with Gasteiger partial charge in [0, 0.05) is 35.3 Å². The highest BCUT2D eigenvalue weighted by Crippen LogP contribution is 2.32. The van der Waals surface area contributed by atoms with E-state index in [1.54, 1.807) is 0 Å². The molecule has 1 fully saturated rings. The molecule has 2 unspecified atom stereocenters. The van der Waals surface area contributed by atoms with E-state index < -0.39 is 0 Å². The molecule has 7 nitrogen and oxygen atoms in total. The smallest absolute Gasteiger partial charge is 0.187 e. The first-order valence-electron chi connectivity index (χ1n) is 8.17. The predicted molar refractivity (Wildman–Crippen MR) is 97.9 cm³/mol. The van der Waals surface area contributed by atoms with E-state index in [1.165, 1.54) is 5.56 Å². The van der Waals surface area contributed by atoms with Gasteiger partial charge in [-0.1, -0.05) is 30.3 Å². The molecule has 0 spiro atoms. The van der Waals surface area contributed by atoms with Gasteiger partial charge in [0.1, 0.15) is 5.65 Å². The van der Waals surface area contributed by atoms with Crippen LogP contribution in [0.1, 0.15) is 5.56 Å². The molecule has 124 valence electrons. The van der Waals surface area contributed by atoms with Crippen LogP contribution >= 0.6 is 0 Å². The molecule has 1 aromatic carbocycles. The molecule has 1 saturated heterocycles. The first kappa shape index (κ1) is 14.4. The van der Waals surface area contributed by atoms with Crippen molar-refractivity contribution >= 4 is 22.9 Å². The Hall–Kier alpha value is -3.00. The van der Waals surface area contributed by atoms with Gasteiger partial charge in [0.25, 0.3) is 0 Å². The topological polar surface area (TPSA) is 90.0 Å². The van der Waals surface area contributed by atoms with Crippen LogP contribution in [-0.4, -0.2) is 34.3 Å². The summed E-state index contributed by atoms with van der Waals surface area (Å²) in [5.41, 5.74) is 11.6. The van der Waals surface area contributed by atoms with Gasteiger partial charge in [0.15, 0.2) is 6.29 Å². The van der Waals surface area contributed by atoms with Gasteiger partial charge < -0.3 is 10.3 Å². The number of pyridine rings is 1. The fraction of sp³-hybridized carbons (Fsp3) is 0.111. The fourth-order valence-corrected chi connectivity index (χ4v) is 3.07. The summed E-state index contributed by atoms with van der Waals surface area (Å²) in [6.07, 6.45) is 7.44. The highest BCUT2D eigenvalue weighted by molar-refractivity contribution is 6.03. The van der Waals surface area contributed by atoms with Gasteiger partial charge in [-0.25, -0.2) is 10.4 Å². The Kier molecular flexibility index (Phi) is 3.34. The molecule has 0 aliphatic carbocycles. The van der Waals surface area contributed by atoms with E-state index in [2.05, 4.69) is 61.5 Å². The van der Waals surface area contributed by atoms with Crippen molar-refractivity contribution in [3.05, 3.63) is 60.4 Å². The maximum atomic E-state index is 4.48. The monoisotopic (exact) mass is 331 g/mol. The molecule has 0 saturated carbocycles. The lowest BCUT2D eigenvalue weighted by atomic mass is 10.00. The molecule has 2 aliphatic rings. The number of fused-ring (bicyclic) bond motifs is 1. The van der Waals surface area contributed by atoms with Crippen LogP contribution in [0.4, 0.5) is 0 Å². The minimum atomic E-state index is -0.197. The van der Waals surface area contributed by atoms with Crippen LogP contribution in [0.2, 0.25) is 0 Å². The zero-order valence-corrected chi connectivity index (χ0v) is 13.4. The molecule has 4 N–H and O–H groups in total.